The number of aromatic nitrogens is 1. The molecule has 1 N–H and O–H groups in total. The fourth-order valence-electron chi connectivity index (χ4n) is 2.27. The zero-order valence-electron chi connectivity index (χ0n) is 13.6. The van der Waals surface area contributed by atoms with E-state index in [1.807, 2.05) is 36.4 Å². The van der Waals surface area contributed by atoms with Gasteiger partial charge in [0.25, 0.3) is 5.91 Å². The molecule has 0 aliphatic heterocycles. The van der Waals surface area contributed by atoms with E-state index in [4.69, 9.17) is 4.42 Å². The molecule has 0 bridgehead atoms. The van der Waals surface area contributed by atoms with E-state index in [1.54, 1.807) is 30.6 Å². The number of amides is 1. The molecule has 0 saturated carbocycles. The summed E-state index contributed by atoms with van der Waals surface area (Å²) in [6.07, 6.45) is 4.75. The second-order valence-corrected chi connectivity index (χ2v) is 6.34. The number of pyridine rings is 1. The summed E-state index contributed by atoms with van der Waals surface area (Å²) in [6, 6.07) is 16.7. The molecule has 2 aromatic heterocycles. The van der Waals surface area contributed by atoms with E-state index in [-0.39, 0.29) is 5.57 Å². The fourth-order valence-corrected chi connectivity index (χ4v) is 2.54. The molecule has 6 heteroatoms. The van der Waals surface area contributed by atoms with Crippen molar-refractivity contribution in [2.45, 2.75) is 6.54 Å². The van der Waals surface area contributed by atoms with Crippen LogP contribution in [0.15, 0.2) is 75.4 Å². The van der Waals surface area contributed by atoms with Gasteiger partial charge in [-0.3, -0.25) is 9.78 Å². The lowest BCUT2D eigenvalue weighted by molar-refractivity contribution is -0.117. The quantitative estimate of drug-likeness (QED) is 0.504. The van der Waals surface area contributed by atoms with E-state index >= 15 is 0 Å². The third-order valence-corrected chi connectivity index (χ3v) is 4.11. The van der Waals surface area contributed by atoms with Crippen LogP contribution in [0.3, 0.4) is 0 Å². The van der Waals surface area contributed by atoms with E-state index < -0.39 is 5.91 Å². The summed E-state index contributed by atoms with van der Waals surface area (Å²) in [4.78, 5) is 16.2. The van der Waals surface area contributed by atoms with Crippen molar-refractivity contribution in [2.24, 2.45) is 0 Å². The number of nitriles is 1. The number of halogens is 1. The van der Waals surface area contributed by atoms with Crippen LogP contribution in [0, 0.1) is 11.3 Å². The Labute approximate surface area is 159 Å². The molecule has 0 saturated heterocycles. The minimum atomic E-state index is -0.460. The molecule has 0 unspecified atom stereocenters. The topological polar surface area (TPSA) is 78.9 Å². The fraction of sp³-hybridized carbons (Fsp3) is 0.0500. The van der Waals surface area contributed by atoms with Gasteiger partial charge in [-0.15, -0.1) is 0 Å². The minimum absolute atomic E-state index is 0.0226. The predicted molar refractivity (Wildman–Crippen MR) is 102 cm³/mol. The smallest absolute Gasteiger partial charge is 0.262 e. The molecular formula is C20H14BrN3O2. The first-order chi connectivity index (χ1) is 12.7. The lowest BCUT2D eigenvalue weighted by Gasteiger charge is -2.03. The second-order valence-electron chi connectivity index (χ2n) is 5.42. The number of rotatable bonds is 5. The van der Waals surface area contributed by atoms with Crippen LogP contribution in [0.5, 0.6) is 0 Å². The Kier molecular flexibility index (Phi) is 5.62. The number of hydrogen-bond acceptors (Lipinski definition) is 4. The highest BCUT2D eigenvalue weighted by atomic mass is 79.9. The average molecular weight is 408 g/mol. The Morgan fingerprint density at radius 2 is 2.04 bits per heavy atom. The van der Waals surface area contributed by atoms with Gasteiger partial charge in [0, 0.05) is 35.1 Å². The van der Waals surface area contributed by atoms with Crippen LogP contribution in [0.1, 0.15) is 11.3 Å². The Bertz CT molecular complexity index is 970. The Hall–Kier alpha value is -3.17. The Morgan fingerprint density at radius 1 is 1.23 bits per heavy atom. The molecule has 1 amide bonds. The van der Waals surface area contributed by atoms with Crippen molar-refractivity contribution in [1.29, 1.82) is 5.26 Å². The number of nitrogens with zero attached hydrogens (tertiary/aromatic N) is 2. The van der Waals surface area contributed by atoms with E-state index in [0.29, 0.717) is 18.1 Å². The van der Waals surface area contributed by atoms with Crippen molar-refractivity contribution in [1.82, 2.24) is 10.3 Å². The number of furan rings is 1. The van der Waals surface area contributed by atoms with Crippen LogP contribution < -0.4 is 5.32 Å². The molecule has 0 atom stereocenters. The highest BCUT2D eigenvalue weighted by Gasteiger charge is 2.11. The van der Waals surface area contributed by atoms with E-state index in [9.17, 15) is 10.1 Å². The maximum atomic E-state index is 12.2. The van der Waals surface area contributed by atoms with E-state index in [0.717, 1.165) is 15.6 Å². The van der Waals surface area contributed by atoms with Gasteiger partial charge in [0.2, 0.25) is 0 Å². The van der Waals surface area contributed by atoms with Crippen LogP contribution in [-0.4, -0.2) is 10.9 Å². The molecule has 3 aromatic rings. The van der Waals surface area contributed by atoms with Gasteiger partial charge in [-0.1, -0.05) is 34.1 Å². The lowest BCUT2D eigenvalue weighted by atomic mass is 10.2. The molecule has 0 spiro atoms. The molecule has 0 radical (unpaired) electrons. The maximum Gasteiger partial charge on any atom is 0.262 e. The normalized spacial score (nSPS) is 11.0. The van der Waals surface area contributed by atoms with Crippen LogP contribution in [-0.2, 0) is 11.3 Å². The lowest BCUT2D eigenvalue weighted by Crippen LogP contribution is -2.23. The zero-order chi connectivity index (χ0) is 18.4. The van der Waals surface area contributed by atoms with Gasteiger partial charge < -0.3 is 9.73 Å². The van der Waals surface area contributed by atoms with Gasteiger partial charge in [0.05, 0.1) is 0 Å². The number of carbonyl (C=O) groups excluding carboxylic acids is 1. The van der Waals surface area contributed by atoms with Crippen molar-refractivity contribution in [3.05, 3.63) is 82.3 Å². The largest absolute Gasteiger partial charge is 0.457 e. The SMILES string of the molecule is N#C/C(=C\c1ccc(-c2ccc(Br)cc2)o1)C(=O)NCc1cccnc1. The Morgan fingerprint density at radius 3 is 2.73 bits per heavy atom. The first-order valence-corrected chi connectivity index (χ1v) is 8.59. The summed E-state index contributed by atoms with van der Waals surface area (Å²) >= 11 is 3.39. The molecule has 3 rings (SSSR count). The van der Waals surface area contributed by atoms with Crippen molar-refractivity contribution in [3.63, 3.8) is 0 Å². The van der Waals surface area contributed by atoms with Crippen molar-refractivity contribution in [3.8, 4) is 17.4 Å². The van der Waals surface area contributed by atoms with Crippen LogP contribution >= 0.6 is 15.9 Å². The number of nitrogens with one attached hydrogen (secondary N) is 1. The maximum absolute atomic E-state index is 12.2. The van der Waals surface area contributed by atoms with Gasteiger partial charge in [-0.05, 0) is 35.9 Å². The van der Waals surface area contributed by atoms with E-state index in [2.05, 4.69) is 26.2 Å². The number of carbonyl (C=O) groups is 1. The van der Waals surface area contributed by atoms with Crippen molar-refractivity contribution < 1.29 is 9.21 Å². The summed E-state index contributed by atoms with van der Waals surface area (Å²) in [5, 5.41) is 12.0. The van der Waals surface area contributed by atoms with Crippen molar-refractivity contribution in [2.75, 3.05) is 0 Å². The van der Waals surface area contributed by atoms with Crippen LogP contribution in [0.25, 0.3) is 17.4 Å². The zero-order valence-corrected chi connectivity index (χ0v) is 15.2. The van der Waals surface area contributed by atoms with Gasteiger partial charge >= 0.3 is 0 Å². The average Bonchev–Trinajstić information content (AvgIpc) is 3.14. The second kappa shape index (κ2) is 8.28. The summed E-state index contributed by atoms with van der Waals surface area (Å²) in [6.45, 7) is 0.300. The van der Waals surface area contributed by atoms with Crippen LogP contribution in [0.4, 0.5) is 0 Å². The van der Waals surface area contributed by atoms with E-state index in [1.165, 1.54) is 6.08 Å². The first-order valence-electron chi connectivity index (χ1n) is 7.80. The molecule has 0 fully saturated rings. The molecule has 2 heterocycles. The highest BCUT2D eigenvalue weighted by Crippen LogP contribution is 2.25. The third kappa shape index (κ3) is 4.47. The summed E-state index contributed by atoms with van der Waals surface area (Å²) in [5.41, 5.74) is 1.74. The minimum Gasteiger partial charge on any atom is -0.457 e. The molecule has 1 aromatic carbocycles. The van der Waals surface area contributed by atoms with Gasteiger partial charge in [-0.25, -0.2) is 0 Å². The van der Waals surface area contributed by atoms with Gasteiger partial charge in [0.15, 0.2) is 0 Å². The molecule has 26 heavy (non-hydrogen) atoms. The third-order valence-electron chi connectivity index (χ3n) is 3.58. The standard InChI is InChI=1S/C20H14BrN3O2/c21-17-5-3-15(4-6-17)19-8-7-18(26-19)10-16(11-22)20(25)24-13-14-2-1-9-23-12-14/h1-10,12H,13H2,(H,24,25)/b16-10+. The monoisotopic (exact) mass is 407 g/mol. The van der Waals surface area contributed by atoms with Crippen LogP contribution in [0.2, 0.25) is 0 Å². The molecule has 0 aliphatic rings. The summed E-state index contributed by atoms with van der Waals surface area (Å²) in [7, 11) is 0. The molecular weight excluding hydrogens is 394 g/mol. The first kappa shape index (κ1) is 17.6. The molecule has 128 valence electrons. The summed E-state index contributed by atoms with van der Waals surface area (Å²) < 4.78 is 6.70. The number of hydrogen-bond donors (Lipinski definition) is 1. The molecule has 0 aliphatic carbocycles. The van der Waals surface area contributed by atoms with Crippen molar-refractivity contribution >= 4 is 27.9 Å². The highest BCUT2D eigenvalue weighted by molar-refractivity contribution is 9.10. The molecule has 5 nitrogen and oxygen atoms in total. The summed E-state index contributed by atoms with van der Waals surface area (Å²) in [5.74, 6) is 0.644. The Balaban J connectivity index is 1.71. The van der Waals surface area contributed by atoms with Gasteiger partial charge in [0.1, 0.15) is 23.2 Å². The van der Waals surface area contributed by atoms with Gasteiger partial charge in [-0.2, -0.15) is 5.26 Å². The predicted octanol–water partition coefficient (Wildman–Crippen LogP) is 4.33. The number of benzene rings is 1.